The molecule has 0 aliphatic heterocycles. The van der Waals surface area contributed by atoms with Crippen LogP contribution >= 0.6 is 0 Å². The van der Waals surface area contributed by atoms with E-state index in [-0.39, 0.29) is 5.91 Å². The van der Waals surface area contributed by atoms with Gasteiger partial charge >= 0.3 is 0 Å². The highest BCUT2D eigenvalue weighted by Gasteiger charge is 2.03. The average molecular weight is 320 g/mol. The summed E-state index contributed by atoms with van der Waals surface area (Å²) in [6.45, 7) is 0.543. The first kappa shape index (κ1) is 15.9. The predicted octanol–water partition coefficient (Wildman–Crippen LogP) is 2.91. The van der Waals surface area contributed by atoms with Crippen LogP contribution in [0.25, 0.3) is 5.69 Å². The first-order chi connectivity index (χ1) is 11.8. The number of hydrogen-bond acceptors (Lipinski definition) is 3. The fourth-order valence-electron chi connectivity index (χ4n) is 2.49. The zero-order valence-electron chi connectivity index (χ0n) is 13.4. The summed E-state index contributed by atoms with van der Waals surface area (Å²) in [7, 11) is 0. The molecule has 0 radical (unpaired) electrons. The number of carbonyl (C=O) groups excluding carboxylic acids is 1. The lowest BCUT2D eigenvalue weighted by Gasteiger charge is -2.07. The largest absolute Gasteiger partial charge is 0.352 e. The molecule has 1 amide bonds. The summed E-state index contributed by atoms with van der Waals surface area (Å²) in [6, 6.07) is 18.1. The fraction of sp³-hybridized carbons (Fsp3) is 0.211. The van der Waals surface area contributed by atoms with Gasteiger partial charge in [0, 0.05) is 13.0 Å². The minimum absolute atomic E-state index is 0.0892. The monoisotopic (exact) mass is 320 g/mol. The van der Waals surface area contributed by atoms with Crippen LogP contribution in [0.15, 0.2) is 67.3 Å². The number of aryl methyl sites for hydroxylation is 1. The number of aromatic nitrogens is 3. The van der Waals surface area contributed by atoms with Gasteiger partial charge in [-0.05, 0) is 36.1 Å². The summed E-state index contributed by atoms with van der Waals surface area (Å²) in [5.74, 6) is 0.0892. The summed E-state index contributed by atoms with van der Waals surface area (Å²) in [6.07, 6.45) is 5.50. The second kappa shape index (κ2) is 8.06. The van der Waals surface area contributed by atoms with E-state index in [2.05, 4.69) is 27.5 Å². The van der Waals surface area contributed by atoms with Crippen LogP contribution in [-0.2, 0) is 17.8 Å². The van der Waals surface area contributed by atoms with Crippen LogP contribution in [0.4, 0.5) is 0 Å². The molecule has 0 spiro atoms. The molecule has 3 rings (SSSR count). The van der Waals surface area contributed by atoms with Gasteiger partial charge in [-0.3, -0.25) is 4.79 Å². The number of nitrogens with zero attached hydrogens (tertiary/aromatic N) is 3. The summed E-state index contributed by atoms with van der Waals surface area (Å²) in [5.41, 5.74) is 3.29. The van der Waals surface area contributed by atoms with Gasteiger partial charge in [0.25, 0.3) is 0 Å². The summed E-state index contributed by atoms with van der Waals surface area (Å²) >= 11 is 0. The number of carbonyl (C=O) groups is 1. The van der Waals surface area contributed by atoms with Crippen molar-refractivity contribution in [1.29, 1.82) is 0 Å². The van der Waals surface area contributed by atoms with E-state index in [1.165, 1.54) is 11.9 Å². The SMILES string of the molecule is O=C(CCCc1ccccc1)NCc1ccc(-n2cncn2)cc1. The van der Waals surface area contributed by atoms with Crippen molar-refractivity contribution in [2.45, 2.75) is 25.8 Å². The Morgan fingerprint density at radius 2 is 1.79 bits per heavy atom. The van der Waals surface area contributed by atoms with E-state index in [9.17, 15) is 4.79 Å². The zero-order valence-corrected chi connectivity index (χ0v) is 13.4. The van der Waals surface area contributed by atoms with E-state index in [1.807, 2.05) is 42.5 Å². The van der Waals surface area contributed by atoms with Gasteiger partial charge in [0.1, 0.15) is 12.7 Å². The third-order valence-corrected chi connectivity index (χ3v) is 3.82. The van der Waals surface area contributed by atoms with Crippen molar-refractivity contribution in [3.05, 3.63) is 78.4 Å². The van der Waals surface area contributed by atoms with Crippen LogP contribution in [-0.4, -0.2) is 20.7 Å². The maximum atomic E-state index is 11.9. The van der Waals surface area contributed by atoms with Crippen LogP contribution in [0.1, 0.15) is 24.0 Å². The second-order valence-corrected chi connectivity index (χ2v) is 5.62. The molecule has 0 unspecified atom stereocenters. The lowest BCUT2D eigenvalue weighted by Crippen LogP contribution is -2.22. The lowest BCUT2D eigenvalue weighted by atomic mass is 10.1. The van der Waals surface area contributed by atoms with Gasteiger partial charge in [-0.2, -0.15) is 5.10 Å². The van der Waals surface area contributed by atoms with Gasteiger partial charge in [0.2, 0.25) is 5.91 Å². The van der Waals surface area contributed by atoms with Crippen molar-refractivity contribution in [1.82, 2.24) is 20.1 Å². The maximum Gasteiger partial charge on any atom is 0.220 e. The summed E-state index contributed by atoms with van der Waals surface area (Å²) in [4.78, 5) is 15.9. The van der Waals surface area contributed by atoms with Gasteiger partial charge in [0.15, 0.2) is 0 Å². The van der Waals surface area contributed by atoms with E-state index < -0.39 is 0 Å². The Hall–Kier alpha value is -2.95. The van der Waals surface area contributed by atoms with E-state index in [1.54, 1.807) is 11.0 Å². The van der Waals surface area contributed by atoms with Crippen LogP contribution in [0.3, 0.4) is 0 Å². The molecule has 3 aromatic rings. The van der Waals surface area contributed by atoms with Crippen molar-refractivity contribution in [3.63, 3.8) is 0 Å². The van der Waals surface area contributed by atoms with Crippen LogP contribution in [0, 0.1) is 0 Å². The first-order valence-electron chi connectivity index (χ1n) is 8.06. The molecule has 0 bridgehead atoms. The fourth-order valence-corrected chi connectivity index (χ4v) is 2.49. The standard InChI is InChI=1S/C19H20N4O/c24-19(8-4-7-16-5-2-1-3-6-16)21-13-17-9-11-18(12-10-17)23-15-20-14-22-23/h1-3,5-6,9-12,14-15H,4,7-8,13H2,(H,21,24). The van der Waals surface area contributed by atoms with Crippen LogP contribution in [0.5, 0.6) is 0 Å². The quantitative estimate of drug-likeness (QED) is 0.728. The first-order valence-corrected chi connectivity index (χ1v) is 8.06. The molecule has 0 fully saturated rings. The smallest absolute Gasteiger partial charge is 0.220 e. The Balaban J connectivity index is 1.41. The minimum Gasteiger partial charge on any atom is -0.352 e. The Kier molecular flexibility index (Phi) is 5.35. The molecule has 24 heavy (non-hydrogen) atoms. The maximum absolute atomic E-state index is 11.9. The molecule has 0 aliphatic rings. The van der Waals surface area contributed by atoms with Gasteiger partial charge in [-0.1, -0.05) is 42.5 Å². The molecule has 1 aromatic heterocycles. The summed E-state index contributed by atoms with van der Waals surface area (Å²) < 4.78 is 1.70. The van der Waals surface area contributed by atoms with Crippen molar-refractivity contribution in [2.75, 3.05) is 0 Å². The highest BCUT2D eigenvalue weighted by atomic mass is 16.1. The average Bonchev–Trinajstić information content (AvgIpc) is 3.16. The Morgan fingerprint density at radius 1 is 1.00 bits per heavy atom. The number of benzene rings is 2. The molecule has 1 N–H and O–H groups in total. The Morgan fingerprint density at radius 3 is 2.50 bits per heavy atom. The molecule has 0 saturated heterocycles. The normalized spacial score (nSPS) is 10.5. The molecule has 0 saturated carbocycles. The zero-order chi connectivity index (χ0) is 16.6. The number of rotatable bonds is 7. The molecule has 5 heteroatoms. The predicted molar refractivity (Wildman–Crippen MR) is 92.6 cm³/mol. The number of hydrogen-bond donors (Lipinski definition) is 1. The van der Waals surface area contributed by atoms with Gasteiger partial charge < -0.3 is 5.32 Å². The minimum atomic E-state index is 0.0892. The van der Waals surface area contributed by atoms with Crippen molar-refractivity contribution >= 4 is 5.91 Å². The molecule has 0 atom stereocenters. The van der Waals surface area contributed by atoms with Gasteiger partial charge in [0.05, 0.1) is 5.69 Å². The Bertz CT molecular complexity index is 752. The molecular formula is C19H20N4O. The topological polar surface area (TPSA) is 59.8 Å². The lowest BCUT2D eigenvalue weighted by molar-refractivity contribution is -0.121. The van der Waals surface area contributed by atoms with Crippen molar-refractivity contribution in [3.8, 4) is 5.69 Å². The van der Waals surface area contributed by atoms with E-state index in [4.69, 9.17) is 0 Å². The van der Waals surface area contributed by atoms with Crippen LogP contribution in [0.2, 0.25) is 0 Å². The van der Waals surface area contributed by atoms with E-state index >= 15 is 0 Å². The highest BCUT2D eigenvalue weighted by molar-refractivity contribution is 5.75. The molecule has 0 aliphatic carbocycles. The second-order valence-electron chi connectivity index (χ2n) is 5.62. The highest BCUT2D eigenvalue weighted by Crippen LogP contribution is 2.08. The van der Waals surface area contributed by atoms with Crippen molar-refractivity contribution in [2.24, 2.45) is 0 Å². The third kappa shape index (κ3) is 4.52. The van der Waals surface area contributed by atoms with Gasteiger partial charge in [-0.15, -0.1) is 0 Å². The number of nitrogens with one attached hydrogen (secondary N) is 1. The molecule has 2 aromatic carbocycles. The van der Waals surface area contributed by atoms with E-state index in [0.717, 1.165) is 24.1 Å². The molecular weight excluding hydrogens is 300 g/mol. The molecule has 5 nitrogen and oxygen atoms in total. The number of amides is 1. The molecule has 1 heterocycles. The summed E-state index contributed by atoms with van der Waals surface area (Å²) in [5, 5.41) is 7.05. The Labute approximate surface area is 141 Å². The molecule has 122 valence electrons. The van der Waals surface area contributed by atoms with Gasteiger partial charge in [-0.25, -0.2) is 9.67 Å². The van der Waals surface area contributed by atoms with Crippen LogP contribution < -0.4 is 5.32 Å². The van der Waals surface area contributed by atoms with E-state index in [0.29, 0.717) is 13.0 Å². The third-order valence-electron chi connectivity index (χ3n) is 3.82. The van der Waals surface area contributed by atoms with Crippen molar-refractivity contribution < 1.29 is 4.79 Å².